The number of hydrogen-bond donors (Lipinski definition) is 1. The quantitative estimate of drug-likeness (QED) is 0.892. The maximum atomic E-state index is 12.3. The van der Waals surface area contributed by atoms with E-state index in [0.29, 0.717) is 23.6 Å². The van der Waals surface area contributed by atoms with Crippen LogP contribution in [0.2, 0.25) is 0 Å². The summed E-state index contributed by atoms with van der Waals surface area (Å²) in [6.07, 6.45) is 1.36. The fourth-order valence-electron chi connectivity index (χ4n) is 2.06. The first-order chi connectivity index (χ1) is 7.81. The van der Waals surface area contributed by atoms with Gasteiger partial charge in [0.25, 0.3) is 10.0 Å². The molecule has 6 heteroatoms. The predicted octanol–water partition coefficient (Wildman–Crippen LogP) is 1.59. The molecular formula is C11H17NO3S2. The van der Waals surface area contributed by atoms with Gasteiger partial charge in [0.1, 0.15) is 4.21 Å². The zero-order valence-corrected chi connectivity index (χ0v) is 11.6. The highest BCUT2D eigenvalue weighted by Gasteiger charge is 2.35. The first kappa shape index (κ1) is 13.0. The van der Waals surface area contributed by atoms with E-state index in [1.807, 2.05) is 6.92 Å². The minimum absolute atomic E-state index is 0.187. The van der Waals surface area contributed by atoms with Crippen molar-refractivity contribution in [3.8, 4) is 0 Å². The third-order valence-electron chi connectivity index (χ3n) is 2.95. The van der Waals surface area contributed by atoms with E-state index < -0.39 is 15.6 Å². The van der Waals surface area contributed by atoms with Crippen molar-refractivity contribution in [3.05, 3.63) is 17.0 Å². The van der Waals surface area contributed by atoms with E-state index in [9.17, 15) is 13.5 Å². The number of sulfonamides is 1. The summed E-state index contributed by atoms with van der Waals surface area (Å²) in [5, 5.41) is 9.96. The summed E-state index contributed by atoms with van der Waals surface area (Å²) < 4.78 is 26.4. The highest BCUT2D eigenvalue weighted by Crippen LogP contribution is 2.29. The molecule has 1 saturated heterocycles. The second-order valence-electron chi connectivity index (χ2n) is 4.80. The van der Waals surface area contributed by atoms with Gasteiger partial charge in [0, 0.05) is 18.0 Å². The molecule has 0 saturated carbocycles. The number of β-amino-alcohol motifs (C(OH)–C–C–N with tert-alkyl or cyclic N) is 1. The molecule has 1 aromatic heterocycles. The van der Waals surface area contributed by atoms with Crippen LogP contribution in [0.3, 0.4) is 0 Å². The fraction of sp³-hybridized carbons (Fsp3) is 0.636. The van der Waals surface area contributed by atoms with Crippen molar-refractivity contribution < 1.29 is 13.5 Å². The smallest absolute Gasteiger partial charge is 0.252 e. The Bertz CT molecular complexity index is 505. The van der Waals surface area contributed by atoms with Crippen LogP contribution in [0, 0.1) is 6.92 Å². The summed E-state index contributed by atoms with van der Waals surface area (Å²) in [5.74, 6) is 0. The highest BCUT2D eigenvalue weighted by molar-refractivity contribution is 7.91. The Labute approximate surface area is 106 Å². The Morgan fingerprint density at radius 1 is 1.47 bits per heavy atom. The molecule has 1 N–H and O–H groups in total. The third-order valence-corrected chi connectivity index (χ3v) is 6.26. The molecule has 0 radical (unpaired) electrons. The summed E-state index contributed by atoms with van der Waals surface area (Å²) in [6.45, 7) is 4.26. The number of rotatable bonds is 2. The van der Waals surface area contributed by atoms with Crippen molar-refractivity contribution in [1.82, 2.24) is 4.31 Å². The second kappa shape index (κ2) is 4.35. The molecule has 1 unspecified atom stereocenters. The molecule has 2 heterocycles. The molecule has 1 aliphatic rings. The van der Waals surface area contributed by atoms with Crippen LogP contribution in [0.15, 0.2) is 16.3 Å². The maximum absolute atomic E-state index is 12.3. The minimum atomic E-state index is -3.42. The Morgan fingerprint density at radius 2 is 2.18 bits per heavy atom. The number of aryl methyl sites for hydroxylation is 1. The van der Waals surface area contributed by atoms with Crippen molar-refractivity contribution in [3.63, 3.8) is 0 Å². The first-order valence-corrected chi connectivity index (χ1v) is 7.86. The zero-order chi connectivity index (χ0) is 12.7. The van der Waals surface area contributed by atoms with E-state index in [4.69, 9.17) is 0 Å². The van der Waals surface area contributed by atoms with Crippen LogP contribution >= 0.6 is 11.3 Å². The molecule has 1 aliphatic heterocycles. The molecule has 0 bridgehead atoms. The molecule has 0 spiro atoms. The van der Waals surface area contributed by atoms with Gasteiger partial charge in [-0.1, -0.05) is 0 Å². The van der Waals surface area contributed by atoms with Gasteiger partial charge in [-0.25, -0.2) is 8.42 Å². The lowest BCUT2D eigenvalue weighted by Crippen LogP contribution is -2.48. The summed E-state index contributed by atoms with van der Waals surface area (Å²) in [6, 6.07) is 3.44. The van der Waals surface area contributed by atoms with E-state index in [2.05, 4.69) is 0 Å². The van der Waals surface area contributed by atoms with Crippen molar-refractivity contribution in [2.24, 2.45) is 0 Å². The van der Waals surface area contributed by atoms with Crippen LogP contribution in [0.25, 0.3) is 0 Å². The number of nitrogens with zero attached hydrogens (tertiary/aromatic N) is 1. The highest BCUT2D eigenvalue weighted by atomic mass is 32.2. The van der Waals surface area contributed by atoms with Crippen LogP contribution in [0.5, 0.6) is 0 Å². The average Bonchev–Trinajstić information content (AvgIpc) is 2.64. The fourth-order valence-corrected chi connectivity index (χ4v) is 5.09. The largest absolute Gasteiger partial charge is 0.389 e. The van der Waals surface area contributed by atoms with Crippen LogP contribution in [-0.2, 0) is 10.0 Å². The van der Waals surface area contributed by atoms with Crippen LogP contribution in [0.1, 0.15) is 24.6 Å². The standard InChI is InChI=1S/C11H17NO3S2/c1-9-4-5-10(16-9)17(14,15)12-7-3-6-11(2,13)8-12/h4-5,13H,3,6-8H2,1-2H3. The lowest BCUT2D eigenvalue weighted by atomic mass is 9.97. The van der Waals surface area contributed by atoms with Crippen LogP contribution in [0.4, 0.5) is 0 Å². The summed E-state index contributed by atoms with van der Waals surface area (Å²) >= 11 is 1.28. The Morgan fingerprint density at radius 3 is 2.71 bits per heavy atom. The monoisotopic (exact) mass is 275 g/mol. The van der Waals surface area contributed by atoms with Crippen molar-refractivity contribution in [1.29, 1.82) is 0 Å². The van der Waals surface area contributed by atoms with E-state index >= 15 is 0 Å². The van der Waals surface area contributed by atoms with Crippen molar-refractivity contribution in [2.75, 3.05) is 13.1 Å². The minimum Gasteiger partial charge on any atom is -0.389 e. The Kier molecular flexibility index (Phi) is 3.33. The van der Waals surface area contributed by atoms with E-state index in [1.165, 1.54) is 15.6 Å². The second-order valence-corrected chi connectivity index (χ2v) is 8.26. The van der Waals surface area contributed by atoms with E-state index in [0.717, 1.165) is 4.88 Å². The molecule has 2 rings (SSSR count). The number of hydrogen-bond acceptors (Lipinski definition) is 4. The van der Waals surface area contributed by atoms with Gasteiger partial charge in [0.05, 0.1) is 5.60 Å². The van der Waals surface area contributed by atoms with Gasteiger partial charge >= 0.3 is 0 Å². The van der Waals surface area contributed by atoms with Gasteiger partial charge in [0.2, 0.25) is 0 Å². The molecule has 96 valence electrons. The first-order valence-electron chi connectivity index (χ1n) is 5.60. The van der Waals surface area contributed by atoms with Gasteiger partial charge < -0.3 is 5.11 Å². The number of piperidine rings is 1. The van der Waals surface area contributed by atoms with Crippen molar-refractivity contribution >= 4 is 21.4 Å². The molecule has 1 atom stereocenters. The summed E-state index contributed by atoms with van der Waals surface area (Å²) in [5.41, 5.74) is -0.905. The van der Waals surface area contributed by atoms with Crippen LogP contribution < -0.4 is 0 Å². The molecule has 0 aliphatic carbocycles. The van der Waals surface area contributed by atoms with E-state index in [-0.39, 0.29) is 6.54 Å². The van der Waals surface area contributed by atoms with Gasteiger partial charge in [-0.05, 0) is 38.8 Å². The lowest BCUT2D eigenvalue weighted by molar-refractivity contribution is 0.00945. The summed E-state index contributed by atoms with van der Waals surface area (Å²) in [7, 11) is -3.42. The summed E-state index contributed by atoms with van der Waals surface area (Å²) in [4.78, 5) is 0.979. The molecule has 17 heavy (non-hydrogen) atoms. The Balaban J connectivity index is 2.27. The molecule has 4 nitrogen and oxygen atoms in total. The number of thiophene rings is 1. The maximum Gasteiger partial charge on any atom is 0.252 e. The van der Waals surface area contributed by atoms with Crippen LogP contribution in [-0.4, -0.2) is 36.5 Å². The lowest BCUT2D eigenvalue weighted by Gasteiger charge is -2.35. The molecule has 0 aromatic carbocycles. The number of aliphatic hydroxyl groups is 1. The van der Waals surface area contributed by atoms with Gasteiger partial charge in [-0.2, -0.15) is 4.31 Å². The topological polar surface area (TPSA) is 57.6 Å². The van der Waals surface area contributed by atoms with Gasteiger partial charge in [-0.15, -0.1) is 11.3 Å². The van der Waals surface area contributed by atoms with E-state index in [1.54, 1.807) is 19.1 Å². The van der Waals surface area contributed by atoms with Gasteiger partial charge in [0.15, 0.2) is 0 Å². The molecule has 0 amide bonds. The third kappa shape index (κ3) is 2.70. The molecule has 1 fully saturated rings. The molecule has 1 aromatic rings. The normalized spacial score (nSPS) is 27.2. The van der Waals surface area contributed by atoms with Crippen molar-refractivity contribution in [2.45, 2.75) is 36.5 Å². The zero-order valence-electron chi connectivity index (χ0n) is 10.0. The predicted molar refractivity (Wildman–Crippen MR) is 67.7 cm³/mol. The van der Waals surface area contributed by atoms with Gasteiger partial charge in [-0.3, -0.25) is 0 Å². The Hall–Kier alpha value is -0.430. The SMILES string of the molecule is Cc1ccc(S(=O)(=O)N2CCCC(C)(O)C2)s1. The average molecular weight is 275 g/mol. The molecular weight excluding hydrogens is 258 g/mol.